The molecule has 0 amide bonds. The van der Waals surface area contributed by atoms with E-state index in [0.29, 0.717) is 23.5 Å². The van der Waals surface area contributed by atoms with Gasteiger partial charge in [-0.3, -0.25) is 0 Å². The van der Waals surface area contributed by atoms with Gasteiger partial charge in [0.05, 0.1) is 29.2 Å². The minimum absolute atomic E-state index is 0.298. The summed E-state index contributed by atoms with van der Waals surface area (Å²) in [4.78, 5) is 4.69. The quantitative estimate of drug-likeness (QED) is 0.544. The highest BCUT2D eigenvalue weighted by molar-refractivity contribution is 5.80. The molecule has 3 aromatic carbocycles. The fourth-order valence-electron chi connectivity index (χ4n) is 3.02. The maximum atomic E-state index is 13.7. The van der Waals surface area contributed by atoms with Crippen molar-refractivity contribution in [3.63, 3.8) is 0 Å². The third kappa shape index (κ3) is 2.77. The number of nitriles is 1. The van der Waals surface area contributed by atoms with Gasteiger partial charge in [-0.1, -0.05) is 42.5 Å². The number of nitrogens with zero attached hydrogens (tertiary/aromatic N) is 3. The van der Waals surface area contributed by atoms with Crippen LogP contribution in [0.4, 0.5) is 4.39 Å². The van der Waals surface area contributed by atoms with Crippen molar-refractivity contribution >= 4 is 11.0 Å². The Morgan fingerprint density at radius 2 is 1.76 bits per heavy atom. The van der Waals surface area contributed by atoms with Crippen LogP contribution in [0.5, 0.6) is 0 Å². The summed E-state index contributed by atoms with van der Waals surface area (Å²) in [6.45, 7) is 0.496. The summed E-state index contributed by atoms with van der Waals surface area (Å²) in [5, 5.41) is 9.36. The first kappa shape index (κ1) is 15.1. The molecule has 0 aliphatic carbocycles. The molecule has 4 rings (SSSR count). The van der Waals surface area contributed by atoms with Crippen LogP contribution in [0.15, 0.2) is 72.8 Å². The number of para-hydroxylation sites is 2. The molecule has 0 fully saturated rings. The number of hydrogen-bond donors (Lipinski definition) is 0. The zero-order valence-electron chi connectivity index (χ0n) is 13.4. The van der Waals surface area contributed by atoms with Crippen molar-refractivity contribution < 1.29 is 4.39 Å². The maximum absolute atomic E-state index is 13.7. The monoisotopic (exact) mass is 327 g/mol. The minimum atomic E-state index is -0.298. The third-order valence-electron chi connectivity index (χ3n) is 4.20. The van der Waals surface area contributed by atoms with Gasteiger partial charge in [-0.15, -0.1) is 0 Å². The molecule has 0 saturated heterocycles. The van der Waals surface area contributed by atoms with Gasteiger partial charge in [-0.2, -0.15) is 5.26 Å². The zero-order valence-corrected chi connectivity index (χ0v) is 13.4. The van der Waals surface area contributed by atoms with E-state index < -0.39 is 0 Å². The Morgan fingerprint density at radius 1 is 0.960 bits per heavy atom. The fraction of sp³-hybridized carbons (Fsp3) is 0.0476. The van der Waals surface area contributed by atoms with Crippen LogP contribution in [0.25, 0.3) is 22.4 Å². The molecule has 4 aromatic rings. The SMILES string of the molecule is N#Cc1ccccc1Cn1c(-c2cccc(F)c2)nc2ccccc21. The zero-order chi connectivity index (χ0) is 17.2. The molecule has 0 bridgehead atoms. The van der Waals surface area contributed by atoms with Crippen molar-refractivity contribution in [2.75, 3.05) is 0 Å². The van der Waals surface area contributed by atoms with E-state index in [-0.39, 0.29) is 5.82 Å². The number of halogens is 1. The molecule has 0 N–H and O–H groups in total. The van der Waals surface area contributed by atoms with Crippen LogP contribution in [0.2, 0.25) is 0 Å². The number of hydrogen-bond acceptors (Lipinski definition) is 2. The highest BCUT2D eigenvalue weighted by atomic mass is 19.1. The summed E-state index contributed by atoms with van der Waals surface area (Å²) < 4.78 is 15.7. The van der Waals surface area contributed by atoms with Gasteiger partial charge in [0.25, 0.3) is 0 Å². The summed E-state index contributed by atoms with van der Waals surface area (Å²) in [6, 6.07) is 23.9. The van der Waals surface area contributed by atoms with Crippen molar-refractivity contribution in [2.45, 2.75) is 6.54 Å². The summed E-state index contributed by atoms with van der Waals surface area (Å²) in [6.07, 6.45) is 0. The average molecular weight is 327 g/mol. The lowest BCUT2D eigenvalue weighted by molar-refractivity contribution is 0.628. The summed E-state index contributed by atoms with van der Waals surface area (Å²) in [7, 11) is 0. The molecular formula is C21H14FN3. The van der Waals surface area contributed by atoms with Crippen molar-refractivity contribution in [3.8, 4) is 17.5 Å². The van der Waals surface area contributed by atoms with E-state index in [1.807, 2.05) is 53.1 Å². The van der Waals surface area contributed by atoms with E-state index in [9.17, 15) is 9.65 Å². The molecule has 1 aromatic heterocycles. The largest absolute Gasteiger partial charge is 0.319 e. The summed E-state index contributed by atoms with van der Waals surface area (Å²) >= 11 is 0. The Labute approximate surface area is 144 Å². The first-order chi connectivity index (χ1) is 12.3. The lowest BCUT2D eigenvalue weighted by Gasteiger charge is -2.11. The van der Waals surface area contributed by atoms with Gasteiger partial charge in [0.1, 0.15) is 11.6 Å². The molecular weight excluding hydrogens is 313 g/mol. The highest BCUT2D eigenvalue weighted by Crippen LogP contribution is 2.27. The van der Waals surface area contributed by atoms with E-state index >= 15 is 0 Å². The van der Waals surface area contributed by atoms with Gasteiger partial charge in [0.2, 0.25) is 0 Å². The summed E-state index contributed by atoms with van der Waals surface area (Å²) in [5.41, 5.74) is 4.05. The number of imidazole rings is 1. The van der Waals surface area contributed by atoms with Crippen LogP contribution in [0.1, 0.15) is 11.1 Å². The highest BCUT2D eigenvalue weighted by Gasteiger charge is 2.14. The molecule has 120 valence electrons. The normalized spacial score (nSPS) is 10.7. The second kappa shape index (κ2) is 6.21. The first-order valence-electron chi connectivity index (χ1n) is 7.95. The van der Waals surface area contributed by atoms with Crippen LogP contribution >= 0.6 is 0 Å². The Morgan fingerprint density at radius 3 is 2.60 bits per heavy atom. The van der Waals surface area contributed by atoms with Crippen molar-refractivity contribution in [2.24, 2.45) is 0 Å². The van der Waals surface area contributed by atoms with Gasteiger partial charge >= 0.3 is 0 Å². The fourth-order valence-corrected chi connectivity index (χ4v) is 3.02. The van der Waals surface area contributed by atoms with Crippen molar-refractivity contribution in [1.29, 1.82) is 5.26 Å². The van der Waals surface area contributed by atoms with E-state index in [4.69, 9.17) is 0 Å². The standard InChI is InChI=1S/C21H14FN3/c22-18-9-5-8-15(12-18)21-24-19-10-3-4-11-20(19)25(21)14-17-7-2-1-6-16(17)13-23/h1-12H,14H2. The number of benzene rings is 3. The molecule has 0 unspecified atom stereocenters. The van der Waals surface area contributed by atoms with Crippen LogP contribution < -0.4 is 0 Å². The van der Waals surface area contributed by atoms with E-state index in [0.717, 1.165) is 16.6 Å². The summed E-state index contributed by atoms with van der Waals surface area (Å²) in [5.74, 6) is 0.391. The Hall–Kier alpha value is -3.45. The Kier molecular flexibility index (Phi) is 3.75. The average Bonchev–Trinajstić information content (AvgIpc) is 3.01. The van der Waals surface area contributed by atoms with Gasteiger partial charge in [-0.25, -0.2) is 9.37 Å². The van der Waals surface area contributed by atoms with Crippen LogP contribution in [0.3, 0.4) is 0 Å². The van der Waals surface area contributed by atoms with Crippen LogP contribution in [0, 0.1) is 17.1 Å². The minimum Gasteiger partial charge on any atom is -0.319 e. The molecule has 0 radical (unpaired) electrons. The number of rotatable bonds is 3. The van der Waals surface area contributed by atoms with E-state index in [2.05, 4.69) is 11.1 Å². The van der Waals surface area contributed by atoms with E-state index in [1.165, 1.54) is 12.1 Å². The second-order valence-corrected chi connectivity index (χ2v) is 5.79. The molecule has 0 aliphatic heterocycles. The first-order valence-corrected chi connectivity index (χ1v) is 7.95. The maximum Gasteiger partial charge on any atom is 0.141 e. The second-order valence-electron chi connectivity index (χ2n) is 5.79. The van der Waals surface area contributed by atoms with Crippen LogP contribution in [-0.2, 0) is 6.54 Å². The van der Waals surface area contributed by atoms with Gasteiger partial charge in [0, 0.05) is 5.56 Å². The Balaban J connectivity index is 1.93. The Bertz CT molecular complexity index is 1110. The third-order valence-corrected chi connectivity index (χ3v) is 4.20. The van der Waals surface area contributed by atoms with E-state index in [1.54, 1.807) is 12.1 Å². The smallest absolute Gasteiger partial charge is 0.141 e. The van der Waals surface area contributed by atoms with Gasteiger partial charge in [-0.05, 0) is 35.9 Å². The topological polar surface area (TPSA) is 41.6 Å². The molecule has 0 saturated carbocycles. The molecule has 0 spiro atoms. The predicted octanol–water partition coefficient (Wildman–Crippen LogP) is 4.76. The number of aromatic nitrogens is 2. The molecule has 0 aliphatic rings. The lowest BCUT2D eigenvalue weighted by Crippen LogP contribution is -2.04. The molecule has 1 heterocycles. The van der Waals surface area contributed by atoms with Crippen molar-refractivity contribution in [3.05, 3.63) is 89.7 Å². The van der Waals surface area contributed by atoms with Gasteiger partial charge in [0.15, 0.2) is 0 Å². The molecule has 4 heteroatoms. The molecule has 3 nitrogen and oxygen atoms in total. The van der Waals surface area contributed by atoms with Crippen LogP contribution in [-0.4, -0.2) is 9.55 Å². The number of fused-ring (bicyclic) bond motifs is 1. The van der Waals surface area contributed by atoms with Crippen molar-refractivity contribution in [1.82, 2.24) is 9.55 Å². The predicted molar refractivity (Wildman–Crippen MR) is 95.4 cm³/mol. The molecule has 0 atom stereocenters. The lowest BCUT2D eigenvalue weighted by atomic mass is 10.1. The molecule has 25 heavy (non-hydrogen) atoms. The van der Waals surface area contributed by atoms with Gasteiger partial charge < -0.3 is 4.57 Å².